The van der Waals surface area contributed by atoms with Crippen molar-refractivity contribution in [1.82, 2.24) is 15.3 Å². The third-order valence-electron chi connectivity index (χ3n) is 5.32. The number of carbonyl (C=O) groups excluding carboxylic acids is 1. The van der Waals surface area contributed by atoms with Gasteiger partial charge in [0.05, 0.1) is 0 Å². The van der Waals surface area contributed by atoms with Crippen LogP contribution < -0.4 is 10.1 Å². The van der Waals surface area contributed by atoms with E-state index >= 15 is 0 Å². The number of hydrogen-bond donors (Lipinski definition) is 1. The van der Waals surface area contributed by atoms with Gasteiger partial charge >= 0.3 is 0 Å². The predicted octanol–water partition coefficient (Wildman–Crippen LogP) is 6.35. The largest absolute Gasteiger partial charge is 0.437 e. The number of amides is 1. The van der Waals surface area contributed by atoms with Gasteiger partial charge in [0.25, 0.3) is 11.8 Å². The molecule has 164 valence electrons. The van der Waals surface area contributed by atoms with Gasteiger partial charge < -0.3 is 10.1 Å². The summed E-state index contributed by atoms with van der Waals surface area (Å²) in [6, 6.07) is 15.3. The lowest BCUT2D eigenvalue weighted by molar-refractivity contribution is 0.0954. The molecular weight excluding hydrogens is 418 g/mol. The highest BCUT2D eigenvalue weighted by atomic mass is 32.2. The molecule has 0 unspecified atom stereocenters. The molecule has 1 aliphatic carbocycles. The van der Waals surface area contributed by atoms with E-state index < -0.39 is 0 Å². The van der Waals surface area contributed by atoms with Crippen molar-refractivity contribution in [3.63, 3.8) is 0 Å². The summed E-state index contributed by atoms with van der Waals surface area (Å²) < 4.78 is 5.97. The van der Waals surface area contributed by atoms with Crippen LogP contribution in [0.25, 0.3) is 0 Å². The fraction of sp³-hybridized carbons (Fsp3) is 0.269. The van der Waals surface area contributed by atoms with Gasteiger partial charge in [-0.2, -0.15) is 0 Å². The number of allylic oxidation sites excluding steroid dienone is 1. The second-order valence-corrected chi connectivity index (χ2v) is 8.88. The predicted molar refractivity (Wildman–Crippen MR) is 127 cm³/mol. The van der Waals surface area contributed by atoms with Crippen LogP contribution in [0.2, 0.25) is 0 Å². The van der Waals surface area contributed by atoms with E-state index in [0.717, 1.165) is 17.7 Å². The lowest BCUT2D eigenvalue weighted by Crippen LogP contribution is -2.24. The fourth-order valence-electron chi connectivity index (χ4n) is 3.53. The summed E-state index contributed by atoms with van der Waals surface area (Å²) in [5.74, 6) is 0.985. The van der Waals surface area contributed by atoms with Crippen molar-refractivity contribution < 1.29 is 9.53 Å². The molecule has 0 saturated carbocycles. The van der Waals surface area contributed by atoms with E-state index in [1.165, 1.54) is 42.2 Å². The van der Waals surface area contributed by atoms with Crippen molar-refractivity contribution in [2.75, 3.05) is 6.54 Å². The highest BCUT2D eigenvalue weighted by molar-refractivity contribution is 7.99. The van der Waals surface area contributed by atoms with Crippen LogP contribution in [0.3, 0.4) is 0 Å². The number of benzene rings is 2. The molecule has 1 aromatic heterocycles. The Morgan fingerprint density at radius 3 is 2.56 bits per heavy atom. The second kappa shape index (κ2) is 11.0. The molecule has 3 aromatic rings. The average molecular weight is 446 g/mol. The molecule has 1 aliphatic rings. The minimum atomic E-state index is -0.0666. The Balaban J connectivity index is 1.35. The van der Waals surface area contributed by atoms with E-state index in [2.05, 4.69) is 52.5 Å². The molecule has 1 heterocycles. The number of rotatable bonds is 8. The third kappa shape index (κ3) is 6.20. The zero-order valence-corrected chi connectivity index (χ0v) is 19.0. The first-order chi connectivity index (χ1) is 15.7. The standard InChI is InChI=1S/C26H27N3O2S/c1-19-7-13-23(14-8-19)32-26-25(28-17-18-29-26)31-22-11-9-21(10-12-22)24(30)27-16-15-20-5-3-2-4-6-20/h5,7-14,17-18H,2-4,6,15-16H2,1H3,(H,27,30). The maximum atomic E-state index is 12.4. The van der Waals surface area contributed by atoms with Crippen molar-refractivity contribution in [3.05, 3.63) is 83.7 Å². The van der Waals surface area contributed by atoms with Gasteiger partial charge in [0.15, 0.2) is 5.03 Å². The molecule has 32 heavy (non-hydrogen) atoms. The quantitative estimate of drug-likeness (QED) is 0.409. The Hall–Kier alpha value is -3.12. The highest BCUT2D eigenvalue weighted by Crippen LogP contribution is 2.34. The molecule has 5 nitrogen and oxygen atoms in total. The summed E-state index contributed by atoms with van der Waals surface area (Å²) >= 11 is 1.50. The van der Waals surface area contributed by atoms with Crippen molar-refractivity contribution >= 4 is 17.7 Å². The van der Waals surface area contributed by atoms with Gasteiger partial charge in [-0.25, -0.2) is 9.97 Å². The number of nitrogens with one attached hydrogen (secondary N) is 1. The van der Waals surface area contributed by atoms with Gasteiger partial charge in [-0.1, -0.05) is 41.1 Å². The van der Waals surface area contributed by atoms with Crippen LogP contribution in [0.15, 0.2) is 82.5 Å². The fourth-order valence-corrected chi connectivity index (χ4v) is 4.32. The Bertz CT molecular complexity index is 1080. The molecule has 0 radical (unpaired) electrons. The average Bonchev–Trinajstić information content (AvgIpc) is 2.83. The van der Waals surface area contributed by atoms with E-state index in [1.807, 2.05) is 0 Å². The van der Waals surface area contributed by atoms with Gasteiger partial charge in [0.1, 0.15) is 5.75 Å². The number of carbonyl (C=O) groups is 1. The van der Waals surface area contributed by atoms with Gasteiger partial charge in [0.2, 0.25) is 0 Å². The van der Waals surface area contributed by atoms with E-state index in [1.54, 1.807) is 36.7 Å². The van der Waals surface area contributed by atoms with Crippen molar-refractivity contribution in [2.45, 2.75) is 48.9 Å². The van der Waals surface area contributed by atoms with Gasteiger partial charge in [0, 0.05) is 29.4 Å². The lowest BCUT2D eigenvalue weighted by atomic mass is 9.97. The summed E-state index contributed by atoms with van der Waals surface area (Å²) in [6.07, 6.45) is 11.4. The highest BCUT2D eigenvalue weighted by Gasteiger charge is 2.11. The zero-order chi connectivity index (χ0) is 22.2. The van der Waals surface area contributed by atoms with Crippen LogP contribution in [-0.2, 0) is 0 Å². The summed E-state index contributed by atoms with van der Waals surface area (Å²) in [7, 11) is 0. The number of aromatic nitrogens is 2. The Kier molecular flexibility index (Phi) is 7.56. The zero-order valence-electron chi connectivity index (χ0n) is 18.2. The van der Waals surface area contributed by atoms with Crippen LogP contribution in [0.1, 0.15) is 48.0 Å². The first-order valence-corrected chi connectivity index (χ1v) is 11.8. The molecule has 0 bridgehead atoms. The van der Waals surface area contributed by atoms with E-state index in [4.69, 9.17) is 4.74 Å². The van der Waals surface area contributed by atoms with Crippen molar-refractivity contribution in [1.29, 1.82) is 0 Å². The minimum absolute atomic E-state index is 0.0666. The molecule has 1 N–H and O–H groups in total. The summed E-state index contributed by atoms with van der Waals surface area (Å²) in [6.45, 7) is 2.73. The van der Waals surface area contributed by atoms with Gasteiger partial charge in [-0.3, -0.25) is 4.79 Å². The molecule has 0 atom stereocenters. The third-order valence-corrected chi connectivity index (χ3v) is 6.30. The number of nitrogens with zero attached hydrogens (tertiary/aromatic N) is 2. The van der Waals surface area contributed by atoms with E-state index in [-0.39, 0.29) is 5.91 Å². The van der Waals surface area contributed by atoms with Crippen LogP contribution in [0.4, 0.5) is 0 Å². The van der Waals surface area contributed by atoms with Crippen molar-refractivity contribution in [3.8, 4) is 11.6 Å². The second-order valence-electron chi connectivity index (χ2n) is 7.82. The first-order valence-electron chi connectivity index (χ1n) is 11.0. The summed E-state index contributed by atoms with van der Waals surface area (Å²) in [4.78, 5) is 22.3. The lowest BCUT2D eigenvalue weighted by Gasteiger charge is -2.13. The smallest absolute Gasteiger partial charge is 0.252 e. The first kappa shape index (κ1) is 22.1. The van der Waals surface area contributed by atoms with Crippen LogP contribution in [-0.4, -0.2) is 22.4 Å². The monoisotopic (exact) mass is 445 g/mol. The Labute approximate surface area is 193 Å². The minimum Gasteiger partial charge on any atom is -0.437 e. The maximum Gasteiger partial charge on any atom is 0.252 e. The normalized spacial score (nSPS) is 13.3. The SMILES string of the molecule is Cc1ccc(Sc2nccnc2Oc2ccc(C(=O)NCCC3=CCCCC3)cc2)cc1. The number of aryl methyl sites for hydroxylation is 1. The molecule has 0 spiro atoms. The number of ether oxygens (including phenoxy) is 1. The van der Waals surface area contributed by atoms with Gasteiger partial charge in [-0.15, -0.1) is 0 Å². The summed E-state index contributed by atoms with van der Waals surface area (Å²) in [5, 5.41) is 3.70. The molecular formula is C26H27N3O2S. The van der Waals surface area contributed by atoms with E-state index in [9.17, 15) is 4.79 Å². The molecule has 0 fully saturated rings. The topological polar surface area (TPSA) is 64.1 Å². The molecule has 1 amide bonds. The van der Waals surface area contributed by atoms with Crippen LogP contribution in [0, 0.1) is 6.92 Å². The van der Waals surface area contributed by atoms with Crippen LogP contribution in [0.5, 0.6) is 11.6 Å². The Morgan fingerprint density at radius 2 is 1.81 bits per heavy atom. The van der Waals surface area contributed by atoms with Gasteiger partial charge in [-0.05, 0) is 75.4 Å². The molecule has 4 rings (SSSR count). The molecule has 6 heteroatoms. The van der Waals surface area contributed by atoms with E-state index in [0.29, 0.717) is 28.8 Å². The number of hydrogen-bond acceptors (Lipinski definition) is 5. The Morgan fingerprint density at radius 1 is 1.03 bits per heavy atom. The van der Waals surface area contributed by atoms with Crippen LogP contribution >= 0.6 is 11.8 Å². The van der Waals surface area contributed by atoms with Crippen molar-refractivity contribution in [2.24, 2.45) is 0 Å². The summed E-state index contributed by atoms with van der Waals surface area (Å²) in [5.41, 5.74) is 3.28. The molecule has 0 aliphatic heterocycles. The molecule has 2 aromatic carbocycles. The maximum absolute atomic E-state index is 12.4. The molecule has 0 saturated heterocycles.